The van der Waals surface area contributed by atoms with E-state index >= 15 is 0 Å². The Morgan fingerprint density at radius 3 is 2.36 bits per heavy atom. The number of fused-ring (bicyclic) bond motifs is 1. The first-order chi connectivity index (χ1) is 5.27. The van der Waals surface area contributed by atoms with E-state index in [2.05, 4.69) is 0 Å². The van der Waals surface area contributed by atoms with E-state index in [-0.39, 0.29) is 5.96 Å². The molecule has 0 aliphatic carbocycles. The van der Waals surface area contributed by atoms with Crippen molar-refractivity contribution < 1.29 is 4.74 Å². The van der Waals surface area contributed by atoms with Crippen LogP contribution in [0.1, 0.15) is 0 Å². The summed E-state index contributed by atoms with van der Waals surface area (Å²) < 4.78 is 5.30. The lowest BCUT2D eigenvalue weighted by molar-refractivity contribution is 0.166. The molecule has 2 aliphatic heterocycles. The number of likely N-dealkylation sites (tertiary alicyclic amines) is 1. The second-order valence-electron chi connectivity index (χ2n) is 3.35. The van der Waals surface area contributed by atoms with E-state index in [4.69, 9.17) is 15.9 Å². The van der Waals surface area contributed by atoms with Gasteiger partial charge in [0.05, 0.1) is 13.2 Å². The van der Waals surface area contributed by atoms with Crippen molar-refractivity contribution >= 4 is 5.96 Å². The molecular weight excluding hydrogens is 142 g/mol. The first-order valence-electron chi connectivity index (χ1n) is 3.94. The molecule has 2 saturated heterocycles. The predicted octanol–water partition coefficient (Wildman–Crippen LogP) is -0.542. The molecule has 62 valence electrons. The second-order valence-corrected chi connectivity index (χ2v) is 3.35. The lowest BCUT2D eigenvalue weighted by atomic mass is 10.0. The van der Waals surface area contributed by atoms with Gasteiger partial charge in [0, 0.05) is 24.9 Å². The lowest BCUT2D eigenvalue weighted by Gasteiger charge is -2.15. The molecule has 0 bridgehead atoms. The first kappa shape index (κ1) is 6.91. The third-order valence-corrected chi connectivity index (χ3v) is 2.58. The van der Waals surface area contributed by atoms with E-state index in [1.807, 2.05) is 4.90 Å². The molecule has 2 fully saturated rings. The van der Waals surface area contributed by atoms with E-state index in [1.165, 1.54) is 0 Å². The van der Waals surface area contributed by atoms with Gasteiger partial charge in [-0.05, 0) is 0 Å². The van der Waals surface area contributed by atoms with Crippen LogP contribution in [0.3, 0.4) is 0 Å². The molecule has 0 radical (unpaired) electrons. The zero-order valence-corrected chi connectivity index (χ0v) is 6.42. The molecule has 4 heteroatoms. The van der Waals surface area contributed by atoms with Crippen molar-refractivity contribution in [3.8, 4) is 0 Å². The highest BCUT2D eigenvalue weighted by atomic mass is 16.5. The van der Waals surface area contributed by atoms with Crippen LogP contribution in [0.2, 0.25) is 0 Å². The van der Waals surface area contributed by atoms with Crippen molar-refractivity contribution in [3.63, 3.8) is 0 Å². The van der Waals surface area contributed by atoms with Crippen LogP contribution in [0.5, 0.6) is 0 Å². The molecular formula is C7H13N3O. The topological polar surface area (TPSA) is 62.3 Å². The highest BCUT2D eigenvalue weighted by Gasteiger charge is 2.37. The van der Waals surface area contributed by atoms with Crippen LogP contribution in [0.4, 0.5) is 0 Å². The summed E-state index contributed by atoms with van der Waals surface area (Å²) in [7, 11) is 0. The summed E-state index contributed by atoms with van der Waals surface area (Å²) in [4.78, 5) is 1.93. The first-order valence-corrected chi connectivity index (χ1v) is 3.94. The van der Waals surface area contributed by atoms with Crippen LogP contribution in [-0.2, 0) is 4.74 Å². The summed E-state index contributed by atoms with van der Waals surface area (Å²) >= 11 is 0. The number of rotatable bonds is 0. The molecule has 0 aromatic heterocycles. The Kier molecular flexibility index (Phi) is 1.49. The minimum atomic E-state index is 0.208. The Labute approximate surface area is 65.8 Å². The quantitative estimate of drug-likeness (QED) is 0.365. The van der Waals surface area contributed by atoms with Gasteiger partial charge in [0.2, 0.25) is 0 Å². The summed E-state index contributed by atoms with van der Waals surface area (Å²) in [6, 6.07) is 0. The van der Waals surface area contributed by atoms with Gasteiger partial charge in [0.25, 0.3) is 0 Å². The zero-order valence-electron chi connectivity index (χ0n) is 6.42. The molecule has 2 heterocycles. The van der Waals surface area contributed by atoms with Gasteiger partial charge >= 0.3 is 0 Å². The van der Waals surface area contributed by atoms with Crippen molar-refractivity contribution in [1.82, 2.24) is 4.90 Å². The van der Waals surface area contributed by atoms with Gasteiger partial charge in [-0.3, -0.25) is 5.41 Å². The van der Waals surface area contributed by atoms with Gasteiger partial charge < -0.3 is 15.4 Å². The Bertz CT molecular complexity index is 171. The molecule has 3 N–H and O–H groups in total. The molecule has 0 aromatic rings. The van der Waals surface area contributed by atoms with E-state index in [9.17, 15) is 0 Å². The van der Waals surface area contributed by atoms with Crippen molar-refractivity contribution in [2.75, 3.05) is 26.3 Å². The lowest BCUT2D eigenvalue weighted by Crippen LogP contribution is -2.35. The molecule has 2 aliphatic rings. The Hall–Kier alpha value is -0.770. The van der Waals surface area contributed by atoms with Crippen molar-refractivity contribution in [1.29, 1.82) is 5.41 Å². The highest BCUT2D eigenvalue weighted by Crippen LogP contribution is 2.28. The van der Waals surface area contributed by atoms with E-state index in [0.29, 0.717) is 11.8 Å². The summed E-state index contributed by atoms with van der Waals surface area (Å²) in [5.41, 5.74) is 5.37. The van der Waals surface area contributed by atoms with Gasteiger partial charge in [-0.15, -0.1) is 0 Å². The molecule has 2 atom stereocenters. The maximum Gasteiger partial charge on any atom is 0.188 e. The predicted molar refractivity (Wildman–Crippen MR) is 41.3 cm³/mol. The normalized spacial score (nSPS) is 35.8. The van der Waals surface area contributed by atoms with Crippen LogP contribution < -0.4 is 5.73 Å². The fraction of sp³-hybridized carbons (Fsp3) is 0.857. The molecule has 0 spiro atoms. The van der Waals surface area contributed by atoms with Gasteiger partial charge in [-0.2, -0.15) is 0 Å². The fourth-order valence-electron chi connectivity index (χ4n) is 1.88. The van der Waals surface area contributed by atoms with E-state index < -0.39 is 0 Å². The largest absolute Gasteiger partial charge is 0.381 e. The third-order valence-electron chi connectivity index (χ3n) is 2.58. The average Bonchev–Trinajstić information content (AvgIpc) is 2.40. The van der Waals surface area contributed by atoms with Crippen LogP contribution in [0.15, 0.2) is 0 Å². The molecule has 0 saturated carbocycles. The van der Waals surface area contributed by atoms with Crippen LogP contribution in [-0.4, -0.2) is 37.2 Å². The van der Waals surface area contributed by atoms with Gasteiger partial charge in [0.15, 0.2) is 5.96 Å². The minimum Gasteiger partial charge on any atom is -0.381 e. The third kappa shape index (κ3) is 1.07. The minimum absolute atomic E-state index is 0.208. The molecule has 2 rings (SSSR count). The smallest absolute Gasteiger partial charge is 0.188 e. The monoisotopic (exact) mass is 155 g/mol. The van der Waals surface area contributed by atoms with Crippen LogP contribution >= 0.6 is 0 Å². The summed E-state index contributed by atoms with van der Waals surface area (Å²) in [6.07, 6.45) is 0. The van der Waals surface area contributed by atoms with E-state index in [1.54, 1.807) is 0 Å². The number of hydrogen-bond donors (Lipinski definition) is 2. The summed E-state index contributed by atoms with van der Waals surface area (Å²) in [5.74, 6) is 1.46. The number of ether oxygens (including phenoxy) is 1. The standard InChI is InChI=1S/C7H13N3O/c8-7(9)10-1-5-3-11-4-6(5)2-10/h5-6H,1-4H2,(H3,8,9). The number of guanidine groups is 1. The van der Waals surface area contributed by atoms with Crippen molar-refractivity contribution in [2.45, 2.75) is 0 Å². The molecule has 4 nitrogen and oxygen atoms in total. The van der Waals surface area contributed by atoms with Crippen molar-refractivity contribution in [2.24, 2.45) is 17.6 Å². The van der Waals surface area contributed by atoms with E-state index in [0.717, 1.165) is 26.3 Å². The number of nitrogens with zero attached hydrogens (tertiary/aromatic N) is 1. The number of nitrogens with one attached hydrogen (secondary N) is 1. The second kappa shape index (κ2) is 2.37. The van der Waals surface area contributed by atoms with Crippen LogP contribution in [0, 0.1) is 17.2 Å². The summed E-state index contributed by atoms with van der Waals surface area (Å²) in [6.45, 7) is 3.54. The molecule has 11 heavy (non-hydrogen) atoms. The van der Waals surface area contributed by atoms with Gasteiger partial charge in [-0.1, -0.05) is 0 Å². The van der Waals surface area contributed by atoms with Crippen molar-refractivity contribution in [3.05, 3.63) is 0 Å². The fourth-order valence-corrected chi connectivity index (χ4v) is 1.88. The Balaban J connectivity index is 1.99. The Morgan fingerprint density at radius 2 is 1.91 bits per heavy atom. The SMILES string of the molecule is N=C(N)N1CC2COCC2C1. The van der Waals surface area contributed by atoms with Gasteiger partial charge in [-0.25, -0.2) is 0 Å². The number of nitrogens with two attached hydrogens (primary N) is 1. The van der Waals surface area contributed by atoms with Crippen LogP contribution in [0.25, 0.3) is 0 Å². The molecule has 0 amide bonds. The molecule has 2 unspecified atom stereocenters. The maximum atomic E-state index is 7.23. The molecule has 0 aromatic carbocycles. The number of hydrogen-bond acceptors (Lipinski definition) is 2. The highest BCUT2D eigenvalue weighted by molar-refractivity contribution is 5.74. The maximum absolute atomic E-state index is 7.23. The average molecular weight is 155 g/mol. The Morgan fingerprint density at radius 1 is 1.36 bits per heavy atom. The summed E-state index contributed by atoms with van der Waals surface area (Å²) in [5, 5.41) is 7.23. The zero-order chi connectivity index (χ0) is 7.84. The van der Waals surface area contributed by atoms with Gasteiger partial charge in [0.1, 0.15) is 0 Å².